The maximum Gasteiger partial charge on any atom is 0.226 e. The molecule has 2 aromatic heterocycles. The summed E-state index contributed by atoms with van der Waals surface area (Å²) in [5.74, 6) is 0.0233. The first-order chi connectivity index (χ1) is 12.7. The van der Waals surface area contributed by atoms with E-state index in [0.717, 1.165) is 36.7 Å². The van der Waals surface area contributed by atoms with Crippen LogP contribution in [0, 0.1) is 6.92 Å². The number of rotatable bonds is 5. The standard InChI is InChI=1S/C20H23N3O2S/c1-15-4-2-3-5-17(15)20(6-9-25-10-7-20)14-21-18(24)12-16-13-23-8-11-26-19(23)22-16/h2-5,8,11,13H,6-7,9-10,12,14H2,1H3,(H,21,24). The molecule has 1 amide bonds. The van der Waals surface area contributed by atoms with Crippen molar-refractivity contribution >= 4 is 22.2 Å². The monoisotopic (exact) mass is 369 g/mol. The largest absolute Gasteiger partial charge is 0.381 e. The third-order valence-electron chi connectivity index (χ3n) is 5.28. The van der Waals surface area contributed by atoms with Crippen molar-refractivity contribution in [2.24, 2.45) is 0 Å². The molecule has 4 rings (SSSR count). The van der Waals surface area contributed by atoms with Crippen LogP contribution in [0.4, 0.5) is 0 Å². The van der Waals surface area contributed by atoms with Crippen molar-refractivity contribution < 1.29 is 9.53 Å². The SMILES string of the molecule is Cc1ccccc1C1(CNC(=O)Cc2cn3ccsc3n2)CCOCC1. The van der Waals surface area contributed by atoms with Crippen LogP contribution in [-0.2, 0) is 21.4 Å². The van der Waals surface area contributed by atoms with Crippen LogP contribution in [0.25, 0.3) is 4.96 Å². The highest BCUT2D eigenvalue weighted by molar-refractivity contribution is 7.15. The fourth-order valence-corrected chi connectivity index (χ4v) is 4.55. The van der Waals surface area contributed by atoms with Crippen molar-refractivity contribution in [3.63, 3.8) is 0 Å². The lowest BCUT2D eigenvalue weighted by Gasteiger charge is -2.39. The number of aryl methyl sites for hydroxylation is 1. The molecule has 5 nitrogen and oxygen atoms in total. The van der Waals surface area contributed by atoms with Crippen molar-refractivity contribution in [2.75, 3.05) is 19.8 Å². The van der Waals surface area contributed by atoms with Crippen LogP contribution in [0.5, 0.6) is 0 Å². The second kappa shape index (κ2) is 7.21. The Balaban J connectivity index is 1.47. The van der Waals surface area contributed by atoms with Gasteiger partial charge in [0, 0.05) is 42.9 Å². The van der Waals surface area contributed by atoms with Gasteiger partial charge in [-0.3, -0.25) is 9.20 Å². The van der Waals surface area contributed by atoms with Crippen molar-refractivity contribution in [3.05, 3.63) is 58.9 Å². The van der Waals surface area contributed by atoms with Gasteiger partial charge in [-0.1, -0.05) is 24.3 Å². The zero-order valence-corrected chi connectivity index (χ0v) is 15.7. The Morgan fingerprint density at radius 3 is 2.92 bits per heavy atom. The highest BCUT2D eigenvalue weighted by Crippen LogP contribution is 2.36. The third kappa shape index (κ3) is 3.39. The van der Waals surface area contributed by atoms with E-state index in [4.69, 9.17) is 4.74 Å². The molecule has 6 heteroatoms. The molecule has 3 heterocycles. The van der Waals surface area contributed by atoms with Gasteiger partial charge in [0.1, 0.15) is 0 Å². The van der Waals surface area contributed by atoms with E-state index in [1.54, 1.807) is 11.3 Å². The second-order valence-corrected chi connectivity index (χ2v) is 7.86. The van der Waals surface area contributed by atoms with E-state index in [-0.39, 0.29) is 11.3 Å². The number of imidazole rings is 1. The number of ether oxygens (including phenoxy) is 1. The Labute approximate surface area is 157 Å². The van der Waals surface area contributed by atoms with Gasteiger partial charge in [0.15, 0.2) is 4.96 Å². The summed E-state index contributed by atoms with van der Waals surface area (Å²) in [6.07, 6.45) is 6.06. The molecule has 1 aliphatic rings. The maximum atomic E-state index is 12.5. The van der Waals surface area contributed by atoms with Crippen LogP contribution in [-0.4, -0.2) is 35.1 Å². The quantitative estimate of drug-likeness (QED) is 0.752. The minimum absolute atomic E-state index is 0.0233. The molecule has 1 N–H and O–H groups in total. The van der Waals surface area contributed by atoms with Gasteiger partial charge in [0.25, 0.3) is 0 Å². The van der Waals surface area contributed by atoms with Crippen LogP contribution < -0.4 is 5.32 Å². The number of fused-ring (bicyclic) bond motifs is 1. The number of benzene rings is 1. The summed E-state index contributed by atoms with van der Waals surface area (Å²) >= 11 is 1.58. The van der Waals surface area contributed by atoms with Crippen LogP contribution >= 0.6 is 11.3 Å². The van der Waals surface area contributed by atoms with Crippen LogP contribution in [0.2, 0.25) is 0 Å². The molecule has 1 aromatic carbocycles. The predicted molar refractivity (Wildman–Crippen MR) is 103 cm³/mol. The zero-order chi connectivity index (χ0) is 18.0. The van der Waals surface area contributed by atoms with E-state index >= 15 is 0 Å². The van der Waals surface area contributed by atoms with Gasteiger partial charge in [-0.25, -0.2) is 4.98 Å². The predicted octanol–water partition coefficient (Wildman–Crippen LogP) is 3.11. The van der Waals surface area contributed by atoms with Gasteiger partial charge in [0.2, 0.25) is 5.91 Å². The summed E-state index contributed by atoms with van der Waals surface area (Å²) in [6, 6.07) is 8.48. The van der Waals surface area contributed by atoms with Crippen LogP contribution in [0.3, 0.4) is 0 Å². The lowest BCUT2D eigenvalue weighted by atomic mass is 9.72. The van der Waals surface area contributed by atoms with Crippen molar-refractivity contribution in [3.8, 4) is 0 Å². The number of hydrogen-bond acceptors (Lipinski definition) is 4. The normalized spacial score (nSPS) is 16.7. The number of aromatic nitrogens is 2. The van der Waals surface area contributed by atoms with E-state index in [1.807, 2.05) is 22.2 Å². The second-order valence-electron chi connectivity index (χ2n) is 6.99. The van der Waals surface area contributed by atoms with Gasteiger partial charge in [0.05, 0.1) is 12.1 Å². The molecule has 0 bridgehead atoms. The lowest BCUT2D eigenvalue weighted by molar-refractivity contribution is -0.121. The number of carbonyl (C=O) groups is 1. The average Bonchev–Trinajstić information content (AvgIpc) is 3.23. The van der Waals surface area contributed by atoms with Gasteiger partial charge in [-0.05, 0) is 30.9 Å². The number of thiazole rings is 1. The Kier molecular flexibility index (Phi) is 4.78. The average molecular weight is 369 g/mol. The summed E-state index contributed by atoms with van der Waals surface area (Å²) in [4.78, 5) is 17.9. The highest BCUT2D eigenvalue weighted by Gasteiger charge is 2.35. The summed E-state index contributed by atoms with van der Waals surface area (Å²) in [5.41, 5.74) is 3.36. The van der Waals surface area contributed by atoms with Crippen molar-refractivity contribution in [1.29, 1.82) is 0 Å². The van der Waals surface area contributed by atoms with E-state index in [2.05, 4.69) is 41.5 Å². The van der Waals surface area contributed by atoms with Crippen LogP contribution in [0.15, 0.2) is 42.0 Å². The summed E-state index contributed by atoms with van der Waals surface area (Å²) in [5, 5.41) is 5.15. The number of nitrogens with zero attached hydrogens (tertiary/aromatic N) is 2. The van der Waals surface area contributed by atoms with Crippen molar-refractivity contribution in [2.45, 2.75) is 31.6 Å². The molecule has 136 valence electrons. The van der Waals surface area contributed by atoms with Crippen molar-refractivity contribution in [1.82, 2.24) is 14.7 Å². The van der Waals surface area contributed by atoms with E-state index in [9.17, 15) is 4.79 Å². The summed E-state index contributed by atoms with van der Waals surface area (Å²) in [7, 11) is 0. The number of nitrogens with one attached hydrogen (secondary N) is 1. The minimum Gasteiger partial charge on any atom is -0.381 e. The number of carbonyl (C=O) groups excluding carboxylic acids is 1. The Morgan fingerprint density at radius 2 is 2.15 bits per heavy atom. The fraction of sp³-hybridized carbons (Fsp3) is 0.400. The third-order valence-corrected chi connectivity index (χ3v) is 6.05. The van der Waals surface area contributed by atoms with E-state index < -0.39 is 0 Å². The fourth-order valence-electron chi connectivity index (χ4n) is 3.83. The Morgan fingerprint density at radius 1 is 1.35 bits per heavy atom. The molecule has 0 spiro atoms. The molecule has 1 aliphatic heterocycles. The molecular weight excluding hydrogens is 346 g/mol. The molecule has 26 heavy (non-hydrogen) atoms. The number of amides is 1. The molecule has 0 atom stereocenters. The molecule has 1 saturated heterocycles. The van der Waals surface area contributed by atoms with Gasteiger partial charge >= 0.3 is 0 Å². The van der Waals surface area contributed by atoms with Gasteiger partial charge < -0.3 is 10.1 Å². The van der Waals surface area contributed by atoms with Crippen LogP contribution in [0.1, 0.15) is 29.7 Å². The Bertz CT molecular complexity index is 880. The maximum absolute atomic E-state index is 12.5. The molecule has 0 aliphatic carbocycles. The molecular formula is C20H23N3O2S. The van der Waals surface area contributed by atoms with E-state index in [1.165, 1.54) is 11.1 Å². The molecule has 0 unspecified atom stereocenters. The first-order valence-electron chi connectivity index (χ1n) is 8.98. The first-order valence-corrected chi connectivity index (χ1v) is 9.86. The van der Waals surface area contributed by atoms with Gasteiger partial charge in [-0.15, -0.1) is 11.3 Å². The Hall–Kier alpha value is -2.18. The number of hydrogen-bond donors (Lipinski definition) is 1. The molecule has 0 radical (unpaired) electrons. The first kappa shape index (κ1) is 17.2. The van der Waals surface area contributed by atoms with Gasteiger partial charge in [-0.2, -0.15) is 0 Å². The smallest absolute Gasteiger partial charge is 0.226 e. The zero-order valence-electron chi connectivity index (χ0n) is 14.9. The summed E-state index contributed by atoms with van der Waals surface area (Å²) in [6.45, 7) is 4.26. The summed E-state index contributed by atoms with van der Waals surface area (Å²) < 4.78 is 7.55. The molecule has 3 aromatic rings. The minimum atomic E-state index is -0.0478. The highest BCUT2D eigenvalue weighted by atomic mass is 32.1. The lowest BCUT2D eigenvalue weighted by Crippen LogP contribution is -2.45. The molecule has 1 fully saturated rings. The molecule has 0 saturated carbocycles. The topological polar surface area (TPSA) is 55.6 Å². The van der Waals surface area contributed by atoms with E-state index in [0.29, 0.717) is 13.0 Å².